The van der Waals surface area contributed by atoms with Crippen LogP contribution in [-0.4, -0.2) is 46.3 Å². The van der Waals surface area contributed by atoms with Crippen LogP contribution in [0.3, 0.4) is 0 Å². The maximum atomic E-state index is 4.78. The number of hydrogen-bond donors (Lipinski definition) is 1. The fourth-order valence-electron chi connectivity index (χ4n) is 4.08. The molecule has 0 radical (unpaired) electrons. The highest BCUT2D eigenvalue weighted by Crippen LogP contribution is 2.40. The standard InChI is InChI=1S/C21H29N5/c1-3-22-21(24-20-12-19(20)18-7-5-4-6-8-18)26-10-9-16(15-26)11-17-13-23-25(2)14-17/h4-8,13-14,16,19-20H,3,9-12,15H2,1-2H3,(H,22,24). The molecule has 0 spiro atoms. The summed E-state index contributed by atoms with van der Waals surface area (Å²) in [6.07, 6.45) is 7.68. The molecule has 4 rings (SSSR count). The van der Waals surface area contributed by atoms with E-state index >= 15 is 0 Å². The Balaban J connectivity index is 1.33. The SMILES string of the molecule is CCN=C(NC1CC1c1ccccc1)N1CCC(Cc2cnn(C)c2)C1. The van der Waals surface area contributed by atoms with Gasteiger partial charge >= 0.3 is 0 Å². The summed E-state index contributed by atoms with van der Waals surface area (Å²) in [5.74, 6) is 2.42. The Bertz CT molecular complexity index is 751. The minimum atomic E-state index is 0.528. The van der Waals surface area contributed by atoms with Gasteiger partial charge in [-0.1, -0.05) is 30.3 Å². The lowest BCUT2D eigenvalue weighted by Gasteiger charge is -2.22. The average Bonchev–Trinajstić information content (AvgIpc) is 3.05. The molecule has 1 aliphatic heterocycles. The lowest BCUT2D eigenvalue weighted by molar-refractivity contribution is 0.458. The van der Waals surface area contributed by atoms with Gasteiger partial charge in [0.15, 0.2) is 5.96 Å². The van der Waals surface area contributed by atoms with E-state index in [4.69, 9.17) is 4.99 Å². The first kappa shape index (κ1) is 17.1. The van der Waals surface area contributed by atoms with Gasteiger partial charge in [0, 0.05) is 44.8 Å². The van der Waals surface area contributed by atoms with Gasteiger partial charge in [0.05, 0.1) is 6.20 Å². The molecule has 26 heavy (non-hydrogen) atoms. The molecule has 1 aromatic carbocycles. The molecule has 2 fully saturated rings. The van der Waals surface area contributed by atoms with Crippen molar-refractivity contribution in [1.82, 2.24) is 20.0 Å². The Morgan fingerprint density at radius 1 is 1.31 bits per heavy atom. The van der Waals surface area contributed by atoms with E-state index < -0.39 is 0 Å². The molecule has 1 saturated heterocycles. The summed E-state index contributed by atoms with van der Waals surface area (Å²) in [4.78, 5) is 7.22. The van der Waals surface area contributed by atoms with Crippen LogP contribution in [0.1, 0.15) is 36.8 Å². The molecule has 0 bridgehead atoms. The van der Waals surface area contributed by atoms with E-state index in [2.05, 4.69) is 58.8 Å². The van der Waals surface area contributed by atoms with Crippen molar-refractivity contribution < 1.29 is 0 Å². The molecule has 2 aromatic rings. The minimum absolute atomic E-state index is 0.528. The molecule has 2 heterocycles. The number of nitrogens with one attached hydrogen (secondary N) is 1. The number of likely N-dealkylation sites (tertiary alicyclic amines) is 1. The smallest absolute Gasteiger partial charge is 0.194 e. The predicted octanol–water partition coefficient (Wildman–Crippen LogP) is 2.81. The highest BCUT2D eigenvalue weighted by atomic mass is 15.3. The quantitative estimate of drug-likeness (QED) is 0.665. The first-order chi connectivity index (χ1) is 12.7. The summed E-state index contributed by atoms with van der Waals surface area (Å²) >= 11 is 0. The van der Waals surface area contributed by atoms with Crippen LogP contribution in [0.4, 0.5) is 0 Å². The molecule has 0 amide bonds. The van der Waals surface area contributed by atoms with E-state index in [1.54, 1.807) is 0 Å². The zero-order valence-corrected chi connectivity index (χ0v) is 15.8. The van der Waals surface area contributed by atoms with Crippen LogP contribution in [0.25, 0.3) is 0 Å². The Morgan fingerprint density at radius 3 is 2.88 bits per heavy atom. The number of aliphatic imine (C=N–C) groups is 1. The second-order valence-electron chi connectivity index (χ2n) is 7.63. The average molecular weight is 351 g/mol. The van der Waals surface area contributed by atoms with Crippen molar-refractivity contribution in [3.63, 3.8) is 0 Å². The molecule has 2 aliphatic rings. The van der Waals surface area contributed by atoms with Crippen LogP contribution in [0.5, 0.6) is 0 Å². The molecule has 3 atom stereocenters. The highest BCUT2D eigenvalue weighted by molar-refractivity contribution is 5.81. The van der Waals surface area contributed by atoms with Crippen molar-refractivity contribution in [2.75, 3.05) is 19.6 Å². The highest BCUT2D eigenvalue weighted by Gasteiger charge is 2.40. The summed E-state index contributed by atoms with van der Waals surface area (Å²) < 4.78 is 1.89. The van der Waals surface area contributed by atoms with Gasteiger partial charge in [0.25, 0.3) is 0 Å². The minimum Gasteiger partial charge on any atom is -0.353 e. The Hall–Kier alpha value is -2.30. The van der Waals surface area contributed by atoms with Crippen molar-refractivity contribution in [2.24, 2.45) is 18.0 Å². The number of rotatable bonds is 5. The predicted molar refractivity (Wildman–Crippen MR) is 105 cm³/mol. The topological polar surface area (TPSA) is 45.5 Å². The zero-order chi connectivity index (χ0) is 17.9. The van der Waals surface area contributed by atoms with E-state index in [0.717, 1.165) is 32.0 Å². The third-order valence-electron chi connectivity index (χ3n) is 5.51. The van der Waals surface area contributed by atoms with Crippen molar-refractivity contribution in [1.29, 1.82) is 0 Å². The molecule has 1 N–H and O–H groups in total. The molecule has 5 heteroatoms. The third kappa shape index (κ3) is 3.92. The summed E-state index contributed by atoms with van der Waals surface area (Å²) in [6, 6.07) is 11.4. The summed E-state index contributed by atoms with van der Waals surface area (Å²) in [6.45, 7) is 5.13. The maximum Gasteiger partial charge on any atom is 0.194 e. The van der Waals surface area contributed by atoms with Crippen LogP contribution in [-0.2, 0) is 13.5 Å². The van der Waals surface area contributed by atoms with Gasteiger partial charge < -0.3 is 10.2 Å². The van der Waals surface area contributed by atoms with Gasteiger partial charge in [-0.15, -0.1) is 0 Å². The van der Waals surface area contributed by atoms with Crippen LogP contribution in [0, 0.1) is 5.92 Å². The third-order valence-corrected chi connectivity index (χ3v) is 5.51. The molecule has 138 valence electrons. The molecular formula is C21H29N5. The fraction of sp³-hybridized carbons (Fsp3) is 0.524. The number of aromatic nitrogens is 2. The molecule has 1 saturated carbocycles. The van der Waals surface area contributed by atoms with E-state index in [0.29, 0.717) is 17.9 Å². The van der Waals surface area contributed by atoms with Crippen molar-refractivity contribution in [2.45, 2.75) is 38.1 Å². The lowest BCUT2D eigenvalue weighted by Crippen LogP contribution is -2.41. The van der Waals surface area contributed by atoms with Gasteiger partial charge in [0.2, 0.25) is 0 Å². The van der Waals surface area contributed by atoms with Crippen LogP contribution in [0.15, 0.2) is 47.7 Å². The van der Waals surface area contributed by atoms with Crippen LogP contribution in [0.2, 0.25) is 0 Å². The van der Waals surface area contributed by atoms with Gasteiger partial charge in [-0.2, -0.15) is 5.10 Å². The lowest BCUT2D eigenvalue weighted by atomic mass is 10.0. The largest absolute Gasteiger partial charge is 0.353 e. The molecule has 3 unspecified atom stereocenters. The van der Waals surface area contributed by atoms with Crippen LogP contribution < -0.4 is 5.32 Å². The second kappa shape index (κ2) is 7.52. The van der Waals surface area contributed by atoms with Crippen molar-refractivity contribution in [3.05, 3.63) is 53.9 Å². The van der Waals surface area contributed by atoms with Crippen molar-refractivity contribution >= 4 is 5.96 Å². The monoisotopic (exact) mass is 351 g/mol. The Kier molecular flexibility index (Phi) is 4.96. The van der Waals surface area contributed by atoms with Crippen LogP contribution >= 0.6 is 0 Å². The molecule has 5 nitrogen and oxygen atoms in total. The number of nitrogens with zero attached hydrogens (tertiary/aromatic N) is 4. The summed E-state index contributed by atoms with van der Waals surface area (Å²) in [7, 11) is 1.99. The van der Waals surface area contributed by atoms with E-state index in [1.165, 1.54) is 24.0 Å². The number of aryl methyl sites for hydroxylation is 1. The number of hydrogen-bond acceptors (Lipinski definition) is 2. The number of guanidine groups is 1. The summed E-state index contributed by atoms with van der Waals surface area (Å²) in [5, 5.41) is 8.02. The van der Waals surface area contributed by atoms with E-state index in [1.807, 2.05) is 17.9 Å². The zero-order valence-electron chi connectivity index (χ0n) is 15.8. The molecule has 1 aromatic heterocycles. The van der Waals surface area contributed by atoms with Gasteiger partial charge in [0.1, 0.15) is 0 Å². The van der Waals surface area contributed by atoms with E-state index in [-0.39, 0.29) is 0 Å². The molecule has 1 aliphatic carbocycles. The van der Waals surface area contributed by atoms with E-state index in [9.17, 15) is 0 Å². The van der Waals surface area contributed by atoms with Gasteiger partial charge in [-0.05, 0) is 43.2 Å². The second-order valence-corrected chi connectivity index (χ2v) is 7.63. The normalized spacial score (nSPS) is 25.5. The first-order valence-corrected chi connectivity index (χ1v) is 9.81. The fourth-order valence-corrected chi connectivity index (χ4v) is 4.08. The molecular weight excluding hydrogens is 322 g/mol. The van der Waals surface area contributed by atoms with Crippen molar-refractivity contribution in [3.8, 4) is 0 Å². The van der Waals surface area contributed by atoms with Gasteiger partial charge in [-0.25, -0.2) is 0 Å². The number of benzene rings is 1. The Morgan fingerprint density at radius 2 is 2.15 bits per heavy atom. The summed E-state index contributed by atoms with van der Waals surface area (Å²) in [5.41, 5.74) is 2.78. The Labute approximate surface area is 156 Å². The first-order valence-electron chi connectivity index (χ1n) is 9.81. The van der Waals surface area contributed by atoms with Gasteiger partial charge in [-0.3, -0.25) is 9.67 Å². The maximum absolute atomic E-state index is 4.78.